The first-order valence-electron chi connectivity index (χ1n) is 7.03. The average molecular weight is 324 g/mol. The van der Waals surface area contributed by atoms with Gasteiger partial charge in [-0.1, -0.05) is 0 Å². The van der Waals surface area contributed by atoms with E-state index < -0.39 is 68.0 Å². The summed E-state index contributed by atoms with van der Waals surface area (Å²) < 4.78 is 21.1. The Morgan fingerprint density at radius 1 is 0.864 bits per heavy atom. The highest BCUT2D eigenvalue weighted by molar-refractivity contribution is 4.96. The van der Waals surface area contributed by atoms with Crippen LogP contribution in [-0.2, 0) is 18.9 Å². The van der Waals surface area contributed by atoms with E-state index in [9.17, 15) is 25.5 Å². The summed E-state index contributed by atoms with van der Waals surface area (Å²) in [4.78, 5) is 0. The Morgan fingerprint density at radius 2 is 1.59 bits per heavy atom. The Balaban J connectivity index is 1.71. The summed E-state index contributed by atoms with van der Waals surface area (Å²) >= 11 is 0. The van der Waals surface area contributed by atoms with Gasteiger partial charge in [-0.05, 0) is 0 Å². The molecule has 10 atom stereocenters. The van der Waals surface area contributed by atoms with Crippen molar-refractivity contribution in [2.75, 3.05) is 13.2 Å². The zero-order valence-corrected chi connectivity index (χ0v) is 11.5. The standard InChI is InChI=1S/C12H20O10/c13-1-3-5(14)6(15)8(17)12(20-3)22-10-4-2-19-11(21-4)9(18)7(10)16/h3-18H,1-2H2/t3-,4+,5+,6+,7-,8-,9+,10-,11-,12+/m1/s1. The SMILES string of the molecule is OC[C@H]1O[C@@H](O[C@H]2[C@H](O)[C@H](O)[C@@H]3OC[C@@H]2O3)[C@H](O)[C@@H](O)[C@H]1O. The number of fused-ring (bicyclic) bond motifs is 2. The lowest BCUT2D eigenvalue weighted by atomic mass is 9.98. The number of rotatable bonds is 3. The third kappa shape index (κ3) is 2.65. The fourth-order valence-corrected chi connectivity index (χ4v) is 2.87. The van der Waals surface area contributed by atoms with Gasteiger partial charge in [0.1, 0.15) is 48.8 Å². The normalized spacial score (nSPS) is 55.4. The quantitative estimate of drug-likeness (QED) is 0.299. The van der Waals surface area contributed by atoms with Gasteiger partial charge in [-0.2, -0.15) is 0 Å². The highest BCUT2D eigenvalue weighted by Gasteiger charge is 2.53. The molecular weight excluding hydrogens is 304 g/mol. The maximum absolute atomic E-state index is 10.0. The molecule has 22 heavy (non-hydrogen) atoms. The molecule has 0 aromatic heterocycles. The monoisotopic (exact) mass is 324 g/mol. The van der Waals surface area contributed by atoms with Gasteiger partial charge in [-0.3, -0.25) is 0 Å². The molecule has 0 aliphatic carbocycles. The summed E-state index contributed by atoms with van der Waals surface area (Å²) in [7, 11) is 0. The molecule has 0 spiro atoms. The van der Waals surface area contributed by atoms with Crippen molar-refractivity contribution in [3.05, 3.63) is 0 Å². The number of aliphatic hydroxyl groups is 6. The van der Waals surface area contributed by atoms with Crippen LogP contribution < -0.4 is 0 Å². The Bertz CT molecular complexity index is 392. The number of hydrogen-bond acceptors (Lipinski definition) is 10. The molecule has 10 heteroatoms. The van der Waals surface area contributed by atoms with E-state index in [4.69, 9.17) is 24.1 Å². The molecule has 0 saturated carbocycles. The predicted molar refractivity (Wildman–Crippen MR) is 65.3 cm³/mol. The van der Waals surface area contributed by atoms with Gasteiger partial charge in [-0.15, -0.1) is 0 Å². The molecule has 6 N–H and O–H groups in total. The second-order valence-electron chi connectivity index (χ2n) is 5.66. The summed E-state index contributed by atoms with van der Waals surface area (Å²) in [6.07, 6.45) is -12.5. The van der Waals surface area contributed by atoms with Gasteiger partial charge < -0.3 is 49.6 Å². The van der Waals surface area contributed by atoms with Crippen LogP contribution in [0.5, 0.6) is 0 Å². The highest BCUT2D eigenvalue weighted by atomic mass is 16.8. The van der Waals surface area contributed by atoms with Gasteiger partial charge in [0.15, 0.2) is 12.6 Å². The Hall–Kier alpha value is -0.400. The Labute approximate surface area is 125 Å². The van der Waals surface area contributed by atoms with Crippen molar-refractivity contribution in [3.63, 3.8) is 0 Å². The molecular formula is C12H20O10. The maximum Gasteiger partial charge on any atom is 0.187 e. The second-order valence-corrected chi connectivity index (χ2v) is 5.66. The van der Waals surface area contributed by atoms with E-state index in [0.29, 0.717) is 0 Å². The zero-order chi connectivity index (χ0) is 16.0. The molecule has 3 aliphatic rings. The molecule has 3 aliphatic heterocycles. The first kappa shape index (κ1) is 16.5. The van der Waals surface area contributed by atoms with E-state index in [2.05, 4.69) is 0 Å². The summed E-state index contributed by atoms with van der Waals surface area (Å²) in [5.41, 5.74) is 0. The molecule has 10 nitrogen and oxygen atoms in total. The van der Waals surface area contributed by atoms with Crippen LogP contribution in [-0.4, -0.2) is 105 Å². The number of hydrogen-bond donors (Lipinski definition) is 6. The van der Waals surface area contributed by atoms with Crippen LogP contribution >= 0.6 is 0 Å². The minimum atomic E-state index is -1.60. The molecule has 128 valence electrons. The van der Waals surface area contributed by atoms with E-state index in [1.165, 1.54) is 0 Å². The smallest absolute Gasteiger partial charge is 0.187 e. The molecule has 3 saturated heterocycles. The lowest BCUT2D eigenvalue weighted by Gasteiger charge is -2.43. The average Bonchev–Trinajstić information content (AvgIpc) is 2.96. The van der Waals surface area contributed by atoms with Crippen molar-refractivity contribution in [2.24, 2.45) is 0 Å². The highest BCUT2D eigenvalue weighted by Crippen LogP contribution is 2.32. The minimum absolute atomic E-state index is 0.0842. The fraction of sp³-hybridized carbons (Fsp3) is 1.00. The third-order valence-corrected chi connectivity index (χ3v) is 4.21. The van der Waals surface area contributed by atoms with Crippen molar-refractivity contribution in [3.8, 4) is 0 Å². The summed E-state index contributed by atoms with van der Waals surface area (Å²) in [6, 6.07) is 0. The van der Waals surface area contributed by atoms with Crippen molar-refractivity contribution in [1.29, 1.82) is 0 Å². The van der Waals surface area contributed by atoms with E-state index >= 15 is 0 Å². The number of ether oxygens (including phenoxy) is 4. The zero-order valence-electron chi connectivity index (χ0n) is 11.5. The van der Waals surface area contributed by atoms with Crippen LogP contribution in [0.2, 0.25) is 0 Å². The van der Waals surface area contributed by atoms with Gasteiger partial charge in [0.05, 0.1) is 13.2 Å². The van der Waals surface area contributed by atoms with Crippen molar-refractivity contribution in [2.45, 2.75) is 61.4 Å². The van der Waals surface area contributed by atoms with Crippen LogP contribution in [0.4, 0.5) is 0 Å². The molecule has 2 bridgehead atoms. The number of aliphatic hydroxyl groups excluding tert-OH is 6. The van der Waals surface area contributed by atoms with Gasteiger partial charge in [0.25, 0.3) is 0 Å². The fourth-order valence-electron chi connectivity index (χ4n) is 2.87. The topological polar surface area (TPSA) is 158 Å². The van der Waals surface area contributed by atoms with Crippen LogP contribution in [0.1, 0.15) is 0 Å². The van der Waals surface area contributed by atoms with Gasteiger partial charge in [0.2, 0.25) is 0 Å². The summed E-state index contributed by atoms with van der Waals surface area (Å²) in [6.45, 7) is -0.507. The lowest BCUT2D eigenvalue weighted by Crippen LogP contribution is -2.62. The molecule has 0 amide bonds. The molecule has 0 unspecified atom stereocenters. The summed E-state index contributed by atoms with van der Waals surface area (Å²) in [5.74, 6) is 0. The van der Waals surface area contributed by atoms with Crippen molar-refractivity contribution >= 4 is 0 Å². The predicted octanol–water partition coefficient (Wildman–Crippen LogP) is -4.35. The van der Waals surface area contributed by atoms with E-state index in [-0.39, 0.29) is 6.61 Å². The second kappa shape index (κ2) is 6.24. The van der Waals surface area contributed by atoms with Crippen LogP contribution in [0.25, 0.3) is 0 Å². The van der Waals surface area contributed by atoms with E-state index in [1.54, 1.807) is 0 Å². The van der Waals surface area contributed by atoms with Crippen molar-refractivity contribution < 1.29 is 49.6 Å². The molecule has 3 fully saturated rings. The molecule has 3 rings (SSSR count). The molecule has 0 aromatic rings. The van der Waals surface area contributed by atoms with E-state index in [1.807, 2.05) is 0 Å². The van der Waals surface area contributed by atoms with Gasteiger partial charge in [0, 0.05) is 0 Å². The van der Waals surface area contributed by atoms with Crippen LogP contribution in [0, 0.1) is 0 Å². The van der Waals surface area contributed by atoms with Gasteiger partial charge in [-0.25, -0.2) is 0 Å². The third-order valence-electron chi connectivity index (χ3n) is 4.21. The van der Waals surface area contributed by atoms with Gasteiger partial charge >= 0.3 is 0 Å². The molecule has 3 heterocycles. The van der Waals surface area contributed by atoms with E-state index in [0.717, 1.165) is 0 Å². The van der Waals surface area contributed by atoms with Crippen molar-refractivity contribution in [1.82, 2.24) is 0 Å². The first-order valence-corrected chi connectivity index (χ1v) is 7.03. The molecule has 0 radical (unpaired) electrons. The first-order chi connectivity index (χ1) is 10.4. The maximum atomic E-state index is 10.0. The Kier molecular flexibility index (Phi) is 4.67. The summed E-state index contributed by atoms with van der Waals surface area (Å²) in [5, 5.41) is 58.3. The largest absolute Gasteiger partial charge is 0.394 e. The van der Waals surface area contributed by atoms with Crippen LogP contribution in [0.3, 0.4) is 0 Å². The van der Waals surface area contributed by atoms with Crippen LogP contribution in [0.15, 0.2) is 0 Å². The lowest BCUT2D eigenvalue weighted by molar-refractivity contribution is -0.337. The Morgan fingerprint density at radius 3 is 2.27 bits per heavy atom. The molecule has 0 aromatic carbocycles. The minimum Gasteiger partial charge on any atom is -0.394 e.